The van der Waals surface area contributed by atoms with Crippen LogP contribution in [0.4, 0.5) is 4.39 Å². The summed E-state index contributed by atoms with van der Waals surface area (Å²) in [6.45, 7) is 1.40. The van der Waals surface area contributed by atoms with Crippen molar-refractivity contribution in [2.45, 2.75) is 18.2 Å². The maximum Gasteiger partial charge on any atom is 0.187 e. The number of rotatable bonds is 5. The van der Waals surface area contributed by atoms with Crippen LogP contribution in [0.15, 0.2) is 41.8 Å². The quantitative estimate of drug-likeness (QED) is 0.665. The van der Waals surface area contributed by atoms with Crippen molar-refractivity contribution >= 4 is 11.8 Å². The highest BCUT2D eigenvalue weighted by molar-refractivity contribution is 7.98. The van der Waals surface area contributed by atoms with Crippen LogP contribution >= 0.6 is 11.8 Å². The summed E-state index contributed by atoms with van der Waals surface area (Å²) >= 11 is 1.52. The number of hydrogen-bond acceptors (Lipinski definition) is 4. The fraction of sp³-hybridized carbons (Fsp3) is 0.231. The third kappa shape index (κ3) is 3.78. The second-order valence-corrected chi connectivity index (χ2v) is 4.58. The minimum absolute atomic E-state index is 0.209. The number of aromatic nitrogens is 2. The van der Waals surface area contributed by atoms with Crippen LogP contribution in [0.1, 0.15) is 11.1 Å². The van der Waals surface area contributed by atoms with Gasteiger partial charge in [-0.3, -0.25) is 0 Å². The van der Waals surface area contributed by atoms with Crippen LogP contribution in [0.2, 0.25) is 0 Å². The Kier molecular flexibility index (Phi) is 4.66. The standard InChI is InChI=1S/C13H14FN3S/c1-18-13-16-8-11(9-17-13)7-15-6-10-2-4-12(14)5-3-10/h2-5,8-9,15H,6-7H2,1H3. The molecule has 0 spiro atoms. The summed E-state index contributed by atoms with van der Waals surface area (Å²) in [4.78, 5) is 8.39. The molecule has 5 heteroatoms. The van der Waals surface area contributed by atoms with E-state index in [4.69, 9.17) is 0 Å². The number of halogens is 1. The zero-order valence-corrected chi connectivity index (χ0v) is 10.9. The molecule has 0 saturated heterocycles. The van der Waals surface area contributed by atoms with E-state index < -0.39 is 0 Å². The topological polar surface area (TPSA) is 37.8 Å². The van der Waals surface area contributed by atoms with Gasteiger partial charge in [0.2, 0.25) is 0 Å². The maximum absolute atomic E-state index is 12.7. The molecule has 0 amide bonds. The number of thioether (sulfide) groups is 1. The van der Waals surface area contributed by atoms with Gasteiger partial charge in [-0.1, -0.05) is 23.9 Å². The summed E-state index contributed by atoms with van der Waals surface area (Å²) in [5, 5.41) is 4.04. The lowest BCUT2D eigenvalue weighted by atomic mass is 10.2. The molecule has 0 bridgehead atoms. The van der Waals surface area contributed by atoms with E-state index in [0.717, 1.165) is 16.3 Å². The van der Waals surface area contributed by atoms with E-state index in [1.807, 2.05) is 18.6 Å². The van der Waals surface area contributed by atoms with Crippen LogP contribution in [-0.2, 0) is 13.1 Å². The fourth-order valence-corrected chi connectivity index (χ4v) is 1.81. The minimum atomic E-state index is -0.209. The molecule has 0 aliphatic carbocycles. The Morgan fingerprint density at radius 2 is 1.67 bits per heavy atom. The first kappa shape index (κ1) is 13.0. The van der Waals surface area contributed by atoms with Crippen molar-refractivity contribution < 1.29 is 4.39 Å². The molecule has 0 unspecified atom stereocenters. The van der Waals surface area contributed by atoms with Crippen molar-refractivity contribution in [3.63, 3.8) is 0 Å². The highest BCUT2D eigenvalue weighted by atomic mass is 32.2. The smallest absolute Gasteiger partial charge is 0.187 e. The van der Waals surface area contributed by atoms with Gasteiger partial charge in [-0.15, -0.1) is 0 Å². The predicted molar refractivity (Wildman–Crippen MR) is 70.8 cm³/mol. The predicted octanol–water partition coefficient (Wildman–Crippen LogP) is 2.63. The summed E-state index contributed by atoms with van der Waals surface area (Å²) in [7, 11) is 0. The molecule has 1 N–H and O–H groups in total. The lowest BCUT2D eigenvalue weighted by Gasteiger charge is -2.05. The molecule has 3 nitrogen and oxygen atoms in total. The second-order valence-electron chi connectivity index (χ2n) is 3.81. The van der Waals surface area contributed by atoms with E-state index >= 15 is 0 Å². The average molecular weight is 263 g/mol. The number of hydrogen-bond donors (Lipinski definition) is 1. The Labute approximate surface area is 110 Å². The van der Waals surface area contributed by atoms with E-state index in [0.29, 0.717) is 13.1 Å². The van der Waals surface area contributed by atoms with Crippen LogP contribution in [-0.4, -0.2) is 16.2 Å². The number of nitrogens with one attached hydrogen (secondary N) is 1. The zero-order valence-electron chi connectivity index (χ0n) is 10.1. The Bertz CT molecular complexity index is 485. The highest BCUT2D eigenvalue weighted by Gasteiger charge is 1.97. The summed E-state index contributed by atoms with van der Waals surface area (Å²) in [5.41, 5.74) is 2.09. The normalized spacial score (nSPS) is 10.6. The first-order valence-corrected chi connectivity index (χ1v) is 6.80. The monoisotopic (exact) mass is 263 g/mol. The molecule has 1 aromatic heterocycles. The van der Waals surface area contributed by atoms with Crippen LogP contribution in [0.5, 0.6) is 0 Å². The van der Waals surface area contributed by atoms with E-state index in [9.17, 15) is 4.39 Å². The molecule has 0 aliphatic heterocycles. The molecule has 2 aromatic rings. The average Bonchev–Trinajstić information content (AvgIpc) is 2.42. The molecule has 0 radical (unpaired) electrons. The Balaban J connectivity index is 1.82. The zero-order chi connectivity index (χ0) is 12.8. The summed E-state index contributed by atoms with van der Waals surface area (Å²) in [6, 6.07) is 6.48. The van der Waals surface area contributed by atoms with Crippen molar-refractivity contribution in [1.29, 1.82) is 0 Å². The molecule has 2 rings (SSSR count). The van der Waals surface area contributed by atoms with Gasteiger partial charge >= 0.3 is 0 Å². The van der Waals surface area contributed by atoms with Crippen molar-refractivity contribution in [3.05, 3.63) is 53.6 Å². The molecule has 18 heavy (non-hydrogen) atoms. The van der Waals surface area contributed by atoms with Crippen LogP contribution in [0.3, 0.4) is 0 Å². The highest BCUT2D eigenvalue weighted by Crippen LogP contribution is 2.07. The maximum atomic E-state index is 12.7. The van der Waals surface area contributed by atoms with Gasteiger partial charge in [-0.05, 0) is 24.0 Å². The van der Waals surface area contributed by atoms with Crippen LogP contribution in [0, 0.1) is 5.82 Å². The van der Waals surface area contributed by atoms with E-state index in [2.05, 4.69) is 15.3 Å². The summed E-state index contributed by atoms with van der Waals surface area (Å²) in [5.74, 6) is -0.209. The summed E-state index contributed by atoms with van der Waals surface area (Å²) in [6.07, 6.45) is 5.58. The first-order valence-electron chi connectivity index (χ1n) is 5.58. The second kappa shape index (κ2) is 6.47. The van der Waals surface area contributed by atoms with E-state index in [1.165, 1.54) is 23.9 Å². The third-order valence-corrected chi connectivity index (χ3v) is 3.01. The van der Waals surface area contributed by atoms with Gasteiger partial charge in [0.25, 0.3) is 0 Å². The van der Waals surface area contributed by atoms with Gasteiger partial charge in [0.1, 0.15) is 5.82 Å². The number of nitrogens with zero attached hydrogens (tertiary/aromatic N) is 2. The molecule has 0 fully saturated rings. The molecule has 1 heterocycles. The molecular formula is C13H14FN3S. The summed E-state index contributed by atoms with van der Waals surface area (Å²) < 4.78 is 12.7. The van der Waals surface area contributed by atoms with E-state index in [-0.39, 0.29) is 5.82 Å². The molecule has 0 saturated carbocycles. The van der Waals surface area contributed by atoms with Gasteiger partial charge in [-0.2, -0.15) is 0 Å². The van der Waals surface area contributed by atoms with Gasteiger partial charge in [0, 0.05) is 31.0 Å². The third-order valence-electron chi connectivity index (χ3n) is 2.44. The Hall–Kier alpha value is -1.46. The van der Waals surface area contributed by atoms with Crippen molar-refractivity contribution in [1.82, 2.24) is 15.3 Å². The Morgan fingerprint density at radius 1 is 1.06 bits per heavy atom. The van der Waals surface area contributed by atoms with Gasteiger partial charge < -0.3 is 5.32 Å². The van der Waals surface area contributed by atoms with Gasteiger partial charge in [-0.25, -0.2) is 14.4 Å². The minimum Gasteiger partial charge on any atom is -0.309 e. The van der Waals surface area contributed by atoms with Crippen molar-refractivity contribution in [2.75, 3.05) is 6.26 Å². The van der Waals surface area contributed by atoms with Gasteiger partial charge in [0.15, 0.2) is 5.16 Å². The largest absolute Gasteiger partial charge is 0.309 e. The fourth-order valence-electron chi connectivity index (χ4n) is 1.49. The van der Waals surface area contributed by atoms with Gasteiger partial charge in [0.05, 0.1) is 0 Å². The molecule has 94 valence electrons. The molecule has 1 aromatic carbocycles. The molecule has 0 aliphatic rings. The SMILES string of the molecule is CSc1ncc(CNCc2ccc(F)cc2)cn1. The lowest BCUT2D eigenvalue weighted by Crippen LogP contribution is -2.13. The molecule has 0 atom stereocenters. The first-order chi connectivity index (χ1) is 8.78. The van der Waals surface area contributed by atoms with Crippen molar-refractivity contribution in [3.8, 4) is 0 Å². The van der Waals surface area contributed by atoms with E-state index in [1.54, 1.807) is 12.1 Å². The Morgan fingerprint density at radius 3 is 2.28 bits per heavy atom. The molecular weight excluding hydrogens is 249 g/mol. The van der Waals surface area contributed by atoms with Crippen LogP contribution < -0.4 is 5.32 Å². The number of benzene rings is 1. The van der Waals surface area contributed by atoms with Crippen LogP contribution in [0.25, 0.3) is 0 Å². The lowest BCUT2D eigenvalue weighted by molar-refractivity contribution is 0.624. The van der Waals surface area contributed by atoms with Crippen molar-refractivity contribution in [2.24, 2.45) is 0 Å².